The largest absolute Gasteiger partial charge is 0.344 e. The molecule has 0 bridgehead atoms. The zero-order chi connectivity index (χ0) is 22.0. The van der Waals surface area contributed by atoms with Crippen molar-refractivity contribution in [3.63, 3.8) is 0 Å². The summed E-state index contributed by atoms with van der Waals surface area (Å²) in [5, 5.41) is 5.50. The van der Waals surface area contributed by atoms with Crippen LogP contribution in [-0.4, -0.2) is 39.6 Å². The Balaban J connectivity index is 1.36. The van der Waals surface area contributed by atoms with E-state index in [9.17, 15) is 19.2 Å². The van der Waals surface area contributed by atoms with Crippen LogP contribution in [0, 0.1) is 0 Å². The van der Waals surface area contributed by atoms with Crippen LogP contribution in [-0.2, 0) is 20.8 Å². The molecule has 8 nitrogen and oxygen atoms in total. The Hall–Kier alpha value is -3.33. The van der Waals surface area contributed by atoms with Crippen LogP contribution in [0.1, 0.15) is 25.3 Å². The van der Waals surface area contributed by atoms with Gasteiger partial charge >= 0.3 is 6.03 Å². The number of hydrogen-bond acceptors (Lipinski definition) is 5. The van der Waals surface area contributed by atoms with Gasteiger partial charge in [0.15, 0.2) is 0 Å². The normalized spacial score (nSPS) is 22.5. The third kappa shape index (κ3) is 4.41. The summed E-state index contributed by atoms with van der Waals surface area (Å²) >= 11 is 1.28. The maximum absolute atomic E-state index is 12.9. The van der Waals surface area contributed by atoms with E-state index in [-0.39, 0.29) is 12.3 Å². The van der Waals surface area contributed by atoms with E-state index in [1.807, 2.05) is 48.5 Å². The van der Waals surface area contributed by atoms with E-state index in [0.717, 1.165) is 10.5 Å². The molecule has 1 fully saturated rings. The number of nitrogens with one attached hydrogen (secondary N) is 3. The van der Waals surface area contributed by atoms with Crippen LogP contribution in [0.25, 0.3) is 0 Å². The maximum Gasteiger partial charge on any atom is 0.344 e. The minimum atomic E-state index is -1.11. The molecule has 2 atom stereocenters. The predicted molar refractivity (Wildman–Crippen MR) is 116 cm³/mol. The molecule has 0 spiro atoms. The summed E-state index contributed by atoms with van der Waals surface area (Å²) < 4.78 is 0. The minimum Gasteiger partial charge on any atom is -0.324 e. The molecule has 0 aliphatic carbocycles. The van der Waals surface area contributed by atoms with E-state index >= 15 is 0 Å². The van der Waals surface area contributed by atoms with Crippen LogP contribution in [0.4, 0.5) is 10.5 Å². The van der Waals surface area contributed by atoms with Gasteiger partial charge in [0.25, 0.3) is 5.91 Å². The number of fused-ring (bicyclic) bond motifs is 1. The fourth-order valence-corrected chi connectivity index (χ4v) is 4.67. The average Bonchev–Trinajstić information content (AvgIpc) is 2.97. The molecule has 31 heavy (non-hydrogen) atoms. The van der Waals surface area contributed by atoms with Gasteiger partial charge in [0.2, 0.25) is 11.8 Å². The first-order valence-corrected chi connectivity index (χ1v) is 10.8. The lowest BCUT2D eigenvalue weighted by Gasteiger charge is -2.24. The first-order valence-electron chi connectivity index (χ1n) is 9.92. The molecule has 2 heterocycles. The van der Waals surface area contributed by atoms with Crippen molar-refractivity contribution in [3.05, 3.63) is 60.2 Å². The van der Waals surface area contributed by atoms with Crippen LogP contribution in [0.3, 0.4) is 0 Å². The van der Waals surface area contributed by atoms with Crippen LogP contribution in [0.5, 0.6) is 0 Å². The van der Waals surface area contributed by atoms with Gasteiger partial charge in [-0.2, -0.15) is 5.01 Å². The molecule has 2 aromatic carbocycles. The zero-order valence-electron chi connectivity index (χ0n) is 16.9. The summed E-state index contributed by atoms with van der Waals surface area (Å²) in [7, 11) is 0. The summed E-state index contributed by atoms with van der Waals surface area (Å²) in [4.78, 5) is 50.9. The van der Waals surface area contributed by atoms with E-state index in [1.165, 1.54) is 11.8 Å². The highest BCUT2D eigenvalue weighted by atomic mass is 32.2. The Bertz CT molecular complexity index is 1040. The van der Waals surface area contributed by atoms with Crippen molar-refractivity contribution in [2.24, 2.45) is 0 Å². The fourth-order valence-electron chi connectivity index (χ4n) is 3.56. The molecule has 0 aromatic heterocycles. The minimum absolute atomic E-state index is 0.164. The molecule has 0 unspecified atom stereocenters. The van der Waals surface area contributed by atoms with Gasteiger partial charge in [-0.3, -0.25) is 19.8 Å². The number of thioether (sulfide) groups is 1. The summed E-state index contributed by atoms with van der Waals surface area (Å²) in [6.07, 6.45) is 0.831. The second-order valence-corrected chi connectivity index (χ2v) is 8.96. The van der Waals surface area contributed by atoms with Gasteiger partial charge < -0.3 is 10.6 Å². The number of benzene rings is 2. The van der Waals surface area contributed by atoms with Crippen molar-refractivity contribution in [2.75, 3.05) is 5.32 Å². The summed E-state index contributed by atoms with van der Waals surface area (Å²) in [6.45, 7) is 1.64. The first-order chi connectivity index (χ1) is 14.9. The number of imide groups is 1. The molecule has 4 rings (SSSR count). The smallest absolute Gasteiger partial charge is 0.324 e. The van der Waals surface area contributed by atoms with Gasteiger partial charge in [0, 0.05) is 11.3 Å². The summed E-state index contributed by atoms with van der Waals surface area (Å²) in [5.41, 5.74) is 3.00. The van der Waals surface area contributed by atoms with Gasteiger partial charge in [-0.05, 0) is 37.5 Å². The second kappa shape index (κ2) is 8.43. The number of para-hydroxylation sites is 1. The van der Waals surface area contributed by atoms with Crippen LogP contribution < -0.4 is 16.1 Å². The third-order valence-corrected chi connectivity index (χ3v) is 6.61. The zero-order valence-corrected chi connectivity index (χ0v) is 17.7. The first kappa shape index (κ1) is 20.9. The van der Waals surface area contributed by atoms with Crippen LogP contribution in [0.15, 0.2) is 59.5 Å². The average molecular weight is 439 g/mol. The van der Waals surface area contributed by atoms with Gasteiger partial charge in [-0.15, -0.1) is 11.8 Å². The van der Waals surface area contributed by atoms with Gasteiger partial charge in [0.1, 0.15) is 5.54 Å². The van der Waals surface area contributed by atoms with Crippen molar-refractivity contribution in [1.29, 1.82) is 0 Å². The van der Waals surface area contributed by atoms with E-state index in [4.69, 9.17) is 0 Å². The quantitative estimate of drug-likeness (QED) is 0.601. The molecular weight excluding hydrogens is 416 g/mol. The van der Waals surface area contributed by atoms with Crippen molar-refractivity contribution in [3.8, 4) is 0 Å². The molecule has 0 radical (unpaired) electrons. The third-order valence-electron chi connectivity index (χ3n) is 5.33. The topological polar surface area (TPSA) is 108 Å². The van der Waals surface area contributed by atoms with E-state index in [2.05, 4.69) is 16.1 Å². The second-order valence-electron chi connectivity index (χ2n) is 7.72. The van der Waals surface area contributed by atoms with Crippen LogP contribution >= 0.6 is 11.8 Å². The van der Waals surface area contributed by atoms with Gasteiger partial charge in [-0.1, -0.05) is 42.5 Å². The lowest BCUT2D eigenvalue weighted by Crippen LogP contribution is -2.49. The number of urea groups is 1. The van der Waals surface area contributed by atoms with Gasteiger partial charge in [0.05, 0.1) is 10.9 Å². The summed E-state index contributed by atoms with van der Waals surface area (Å²) in [5.74, 6) is -1.39. The highest BCUT2D eigenvalue weighted by Gasteiger charge is 2.48. The number of hydrogen-bond donors (Lipinski definition) is 3. The molecule has 2 aliphatic heterocycles. The Morgan fingerprint density at radius 1 is 1.10 bits per heavy atom. The summed E-state index contributed by atoms with van der Waals surface area (Å²) in [6, 6.07) is 16.3. The highest BCUT2D eigenvalue weighted by Crippen LogP contribution is 2.36. The number of nitrogens with zero attached hydrogens (tertiary/aromatic N) is 1. The molecule has 9 heteroatoms. The maximum atomic E-state index is 12.9. The fraction of sp³-hybridized carbons (Fsp3) is 0.273. The van der Waals surface area contributed by atoms with E-state index < -0.39 is 28.6 Å². The number of rotatable bonds is 6. The van der Waals surface area contributed by atoms with Crippen molar-refractivity contribution >= 4 is 41.2 Å². The number of anilines is 1. The van der Waals surface area contributed by atoms with Crippen molar-refractivity contribution in [2.45, 2.75) is 41.9 Å². The number of aryl methyl sites for hydroxylation is 1. The van der Waals surface area contributed by atoms with E-state index in [1.54, 1.807) is 13.0 Å². The Labute approximate surface area is 183 Å². The Kier molecular flexibility index (Phi) is 5.69. The number of carbonyl (C=O) groups excluding carboxylic acids is 4. The van der Waals surface area contributed by atoms with Gasteiger partial charge in [-0.25, -0.2) is 4.79 Å². The lowest BCUT2D eigenvalue weighted by molar-refractivity contribution is -0.139. The van der Waals surface area contributed by atoms with Crippen LogP contribution in [0.2, 0.25) is 0 Å². The molecule has 3 N–H and O–H groups in total. The molecular formula is C22H22N4O4S. The standard InChI is InChI=1S/C22H22N4O4S/c1-22(12-11-14-7-3-2-4-8-14)20(29)26(21(30)24-22)25-18(27)13-17-19(28)23-15-9-5-6-10-16(15)31-17/h2-10,17H,11-13H2,1H3,(H,23,28)(H,24,30)(H,25,27)/t17-,22-/m0/s1. The molecule has 0 saturated carbocycles. The monoisotopic (exact) mass is 438 g/mol. The molecule has 5 amide bonds. The molecule has 160 valence electrons. The predicted octanol–water partition coefficient (Wildman–Crippen LogP) is 2.46. The Morgan fingerprint density at radius 3 is 2.58 bits per heavy atom. The Morgan fingerprint density at radius 2 is 1.81 bits per heavy atom. The SMILES string of the molecule is C[C@@]1(CCc2ccccc2)NC(=O)N(NC(=O)C[C@@H]2Sc3ccccc3NC2=O)C1=O. The van der Waals surface area contributed by atoms with Crippen molar-refractivity contribution in [1.82, 2.24) is 15.8 Å². The molecule has 1 saturated heterocycles. The van der Waals surface area contributed by atoms with E-state index in [0.29, 0.717) is 23.5 Å². The highest BCUT2D eigenvalue weighted by molar-refractivity contribution is 8.01. The van der Waals surface area contributed by atoms with Crippen molar-refractivity contribution < 1.29 is 19.2 Å². The number of amides is 5. The number of hydrazine groups is 1. The number of carbonyl (C=O) groups is 4. The molecule has 2 aliphatic rings. The lowest BCUT2D eigenvalue weighted by atomic mass is 9.93. The molecule has 2 aromatic rings.